The number of halogens is 6. The van der Waals surface area contributed by atoms with Gasteiger partial charge in [-0.15, -0.1) is 0 Å². The first-order valence-corrected chi connectivity index (χ1v) is 14.4. The third kappa shape index (κ3) is 4.80. The third-order valence-corrected chi connectivity index (χ3v) is 9.19. The largest absolute Gasteiger partial charge is 0.461 e. The molecule has 43 heavy (non-hydrogen) atoms. The Kier molecular flexibility index (Phi) is 6.61. The van der Waals surface area contributed by atoms with Gasteiger partial charge in [-0.1, -0.05) is 0 Å². The molecule has 0 aliphatic carbocycles. The molecular formula is C28H30F6N8O. The van der Waals surface area contributed by atoms with Crippen molar-refractivity contribution >= 4 is 22.5 Å². The van der Waals surface area contributed by atoms with Crippen molar-refractivity contribution in [1.29, 1.82) is 0 Å². The molecule has 4 atom stereocenters. The minimum absolute atomic E-state index is 0.0292. The van der Waals surface area contributed by atoms with Crippen molar-refractivity contribution < 1.29 is 31.1 Å². The number of pyridine rings is 2. The highest BCUT2D eigenvalue weighted by molar-refractivity contribution is 5.92. The first-order valence-electron chi connectivity index (χ1n) is 14.4. The molecule has 3 aromatic rings. The fraction of sp³-hybridized carbons (Fsp3) is 0.571. The summed E-state index contributed by atoms with van der Waals surface area (Å²) in [6, 6.07) is 0.935. The number of nitrogens with zero attached hydrogens (tertiary/aromatic N) is 6. The van der Waals surface area contributed by atoms with Gasteiger partial charge in [-0.3, -0.25) is 4.90 Å². The van der Waals surface area contributed by atoms with Crippen molar-refractivity contribution in [3.8, 4) is 17.4 Å². The van der Waals surface area contributed by atoms with Crippen LogP contribution in [-0.4, -0.2) is 81.4 Å². The molecule has 0 amide bonds. The Hall–Kier alpha value is -3.46. The lowest BCUT2D eigenvalue weighted by atomic mass is 9.95. The number of rotatable bonds is 5. The zero-order chi connectivity index (χ0) is 30.3. The molecule has 9 nitrogen and oxygen atoms in total. The van der Waals surface area contributed by atoms with Crippen LogP contribution in [0, 0.1) is 18.7 Å². The molecular weight excluding hydrogens is 578 g/mol. The summed E-state index contributed by atoms with van der Waals surface area (Å²) in [7, 11) is 0. The molecule has 2 bridgehead atoms. The number of anilines is 2. The summed E-state index contributed by atoms with van der Waals surface area (Å²) >= 11 is 0. The summed E-state index contributed by atoms with van der Waals surface area (Å²) in [6.45, 7) is 3.09. The molecule has 4 aliphatic rings. The van der Waals surface area contributed by atoms with Gasteiger partial charge >= 0.3 is 12.2 Å². The maximum Gasteiger partial charge on any atom is 0.418 e. The summed E-state index contributed by atoms with van der Waals surface area (Å²) < 4.78 is 94.9. The van der Waals surface area contributed by atoms with Gasteiger partial charge in [0, 0.05) is 38.1 Å². The summed E-state index contributed by atoms with van der Waals surface area (Å²) in [5.41, 5.74) is 1.07. The molecule has 15 heteroatoms. The number of aromatic nitrogens is 4. The van der Waals surface area contributed by atoms with E-state index in [2.05, 4.69) is 25.3 Å². The Balaban J connectivity index is 1.38. The average Bonchev–Trinajstić information content (AvgIpc) is 3.58. The van der Waals surface area contributed by atoms with Gasteiger partial charge in [0.1, 0.15) is 46.7 Å². The van der Waals surface area contributed by atoms with Crippen molar-refractivity contribution in [2.75, 3.05) is 43.4 Å². The van der Waals surface area contributed by atoms with Gasteiger partial charge in [0.05, 0.1) is 11.1 Å². The molecule has 7 heterocycles. The highest BCUT2D eigenvalue weighted by Gasteiger charge is 2.49. The van der Waals surface area contributed by atoms with Crippen molar-refractivity contribution in [3.63, 3.8) is 0 Å². The number of aryl methyl sites for hydroxylation is 1. The van der Waals surface area contributed by atoms with Crippen molar-refractivity contribution in [3.05, 3.63) is 29.0 Å². The number of hydrogen-bond donors (Lipinski definition) is 2. The number of hydrogen-bond acceptors (Lipinski definition) is 9. The Labute approximate surface area is 242 Å². The molecule has 4 saturated heterocycles. The van der Waals surface area contributed by atoms with Crippen LogP contribution in [0.5, 0.6) is 6.01 Å². The highest BCUT2D eigenvalue weighted by Crippen LogP contribution is 2.43. The van der Waals surface area contributed by atoms with Gasteiger partial charge < -0.3 is 20.7 Å². The van der Waals surface area contributed by atoms with Gasteiger partial charge in [0.2, 0.25) is 5.95 Å². The lowest BCUT2D eigenvalue weighted by Crippen LogP contribution is -2.51. The summed E-state index contributed by atoms with van der Waals surface area (Å²) in [5.74, 6) is -2.83. The van der Waals surface area contributed by atoms with Crippen molar-refractivity contribution in [2.24, 2.45) is 0 Å². The Morgan fingerprint density at radius 1 is 1.07 bits per heavy atom. The van der Waals surface area contributed by atoms with Crippen LogP contribution >= 0.6 is 0 Å². The zero-order valence-electron chi connectivity index (χ0n) is 23.3. The first kappa shape index (κ1) is 28.3. The van der Waals surface area contributed by atoms with Crippen LogP contribution in [0.3, 0.4) is 0 Å². The molecule has 0 saturated carbocycles. The van der Waals surface area contributed by atoms with E-state index in [1.807, 2.05) is 4.90 Å². The summed E-state index contributed by atoms with van der Waals surface area (Å²) in [4.78, 5) is 19.9. The van der Waals surface area contributed by atoms with Crippen LogP contribution in [0.2, 0.25) is 0 Å². The van der Waals surface area contributed by atoms with E-state index in [9.17, 15) is 17.6 Å². The Bertz CT molecular complexity index is 1590. The van der Waals surface area contributed by atoms with Crippen LogP contribution in [0.25, 0.3) is 22.3 Å². The van der Waals surface area contributed by atoms with Crippen LogP contribution < -0.4 is 20.7 Å². The van der Waals surface area contributed by atoms with E-state index >= 15 is 8.78 Å². The van der Waals surface area contributed by atoms with Crippen LogP contribution in [-0.2, 0) is 6.18 Å². The van der Waals surface area contributed by atoms with Gasteiger partial charge in [-0.2, -0.15) is 27.5 Å². The van der Waals surface area contributed by atoms with Crippen LogP contribution in [0.1, 0.15) is 43.2 Å². The van der Waals surface area contributed by atoms with Gasteiger partial charge in [-0.05, 0) is 50.8 Å². The molecule has 4 fully saturated rings. The fourth-order valence-electron chi connectivity index (χ4n) is 7.39. The lowest BCUT2D eigenvalue weighted by Gasteiger charge is -2.34. The molecule has 0 radical (unpaired) electrons. The smallest absolute Gasteiger partial charge is 0.418 e. The van der Waals surface area contributed by atoms with E-state index in [1.165, 1.54) is 0 Å². The summed E-state index contributed by atoms with van der Waals surface area (Å²) in [6.07, 6.45) is -2.32. The third-order valence-electron chi connectivity index (χ3n) is 9.19. The maximum absolute atomic E-state index is 16.4. The number of fused-ring (bicyclic) bond motifs is 4. The summed E-state index contributed by atoms with van der Waals surface area (Å²) in [5, 5.41) is 3.10. The zero-order valence-corrected chi connectivity index (χ0v) is 23.3. The van der Waals surface area contributed by atoms with Crippen LogP contribution in [0.15, 0.2) is 6.07 Å². The van der Waals surface area contributed by atoms with E-state index in [-0.39, 0.29) is 53.7 Å². The fourth-order valence-corrected chi connectivity index (χ4v) is 7.39. The molecule has 0 unspecified atom stereocenters. The normalized spacial score (nSPS) is 27.3. The molecule has 0 spiro atoms. The van der Waals surface area contributed by atoms with Gasteiger partial charge in [0.25, 0.3) is 0 Å². The SMILES string of the molecule is Cc1cc(N)nc(-c2nc(F)c3c(N4C[C@H]5CC[C@@H](C4)N5)nc(OC[C@@]45CCCN4C[C@H](F)C5)nc3c2F)c1C(F)(F)F. The molecule has 7 rings (SSSR count). The number of nitrogen functional groups attached to an aromatic ring is 1. The molecule has 3 N–H and O–H groups in total. The minimum Gasteiger partial charge on any atom is -0.461 e. The number of piperazine rings is 1. The first-order chi connectivity index (χ1) is 20.4. The van der Waals surface area contributed by atoms with Gasteiger partial charge in [-0.25, -0.2) is 18.7 Å². The van der Waals surface area contributed by atoms with Gasteiger partial charge in [0.15, 0.2) is 5.82 Å². The number of ether oxygens (including phenoxy) is 1. The molecule has 230 valence electrons. The molecule has 0 aromatic carbocycles. The molecule has 3 aromatic heterocycles. The average molecular weight is 609 g/mol. The number of nitrogens with one attached hydrogen (secondary N) is 1. The molecule has 4 aliphatic heterocycles. The van der Waals surface area contributed by atoms with Crippen molar-refractivity contribution in [1.82, 2.24) is 30.2 Å². The topological polar surface area (TPSA) is 105 Å². The Morgan fingerprint density at radius 3 is 2.53 bits per heavy atom. The van der Waals surface area contributed by atoms with Crippen molar-refractivity contribution in [2.45, 2.75) is 69.0 Å². The second-order valence-electron chi connectivity index (χ2n) is 12.1. The van der Waals surface area contributed by atoms with E-state index in [1.54, 1.807) is 4.90 Å². The van der Waals surface area contributed by atoms with E-state index in [0.29, 0.717) is 26.1 Å². The predicted octanol–water partition coefficient (Wildman–Crippen LogP) is 4.17. The predicted molar refractivity (Wildman–Crippen MR) is 145 cm³/mol. The quantitative estimate of drug-likeness (QED) is 0.326. The van der Waals surface area contributed by atoms with E-state index < -0.39 is 52.1 Å². The standard InChI is InChI=1S/C28H30F6N8O/c1-13-7-17(35)37-22(19(13)28(32,33)34)23-20(30)21-18(24(31)38-23)25(41-10-15-3-4-16(11-41)36-15)40-26(39-21)43-12-27-5-2-6-42(27)9-14(29)8-27/h7,14-16,36H,2-6,8-12H2,1H3,(H2,35,37)/t14-,15-,16+,27+/m1/s1. The maximum atomic E-state index is 16.4. The number of alkyl halides is 4. The van der Waals surface area contributed by atoms with E-state index in [4.69, 9.17) is 10.5 Å². The number of nitrogens with two attached hydrogens (primary N) is 1. The van der Waals surface area contributed by atoms with Crippen LogP contribution in [0.4, 0.5) is 38.0 Å². The minimum atomic E-state index is -4.95. The van der Waals surface area contributed by atoms with E-state index in [0.717, 1.165) is 38.8 Å². The Morgan fingerprint density at radius 2 is 1.81 bits per heavy atom. The second-order valence-corrected chi connectivity index (χ2v) is 12.1. The monoisotopic (exact) mass is 608 g/mol. The highest BCUT2D eigenvalue weighted by atomic mass is 19.4. The lowest BCUT2D eigenvalue weighted by molar-refractivity contribution is -0.137. The second kappa shape index (κ2) is 10.0.